The summed E-state index contributed by atoms with van der Waals surface area (Å²) in [5.41, 5.74) is -7.03. The summed E-state index contributed by atoms with van der Waals surface area (Å²) in [4.78, 5) is 74.7. The van der Waals surface area contributed by atoms with Crippen LogP contribution in [0.1, 0.15) is 112 Å². The smallest absolute Gasteiger partial charge is 0.330 e. The van der Waals surface area contributed by atoms with Crippen molar-refractivity contribution in [2.45, 2.75) is 141 Å². The first-order valence-electron chi connectivity index (χ1n) is 17.1. The maximum atomic E-state index is 13.7. The minimum absolute atomic E-state index is 0.00573. The van der Waals surface area contributed by atoms with Crippen molar-refractivity contribution in [1.82, 2.24) is 0 Å². The number of hydrogen-bond donors (Lipinski definition) is 4. The van der Waals surface area contributed by atoms with Crippen molar-refractivity contribution in [3.8, 4) is 0 Å². The van der Waals surface area contributed by atoms with Gasteiger partial charge in [-0.15, -0.1) is 0 Å². The van der Waals surface area contributed by atoms with E-state index < -0.39 is 94.2 Å². The van der Waals surface area contributed by atoms with Crippen molar-refractivity contribution in [3.05, 3.63) is 23.3 Å². The molecule has 0 unspecified atom stereocenters. The van der Waals surface area contributed by atoms with Crippen LogP contribution in [0.3, 0.4) is 0 Å². The van der Waals surface area contributed by atoms with Crippen molar-refractivity contribution >= 4 is 35.6 Å². The van der Waals surface area contributed by atoms with Crippen LogP contribution in [-0.4, -0.2) is 85.1 Å². The number of ketones is 1. The lowest BCUT2D eigenvalue weighted by Gasteiger charge is -2.67. The monoisotopic (exact) mass is 690 g/mol. The van der Waals surface area contributed by atoms with E-state index in [9.17, 15) is 39.0 Å². The lowest BCUT2D eigenvalue weighted by atomic mass is 9.42. The summed E-state index contributed by atoms with van der Waals surface area (Å²) in [6.45, 7) is 10.2. The van der Waals surface area contributed by atoms with Gasteiger partial charge in [0.1, 0.15) is 23.4 Å². The summed E-state index contributed by atoms with van der Waals surface area (Å²) in [6.07, 6.45) is 0.462. The molecule has 13 heteroatoms. The van der Waals surface area contributed by atoms with E-state index in [1.54, 1.807) is 6.92 Å². The summed E-state index contributed by atoms with van der Waals surface area (Å²) < 4.78 is 17.7. The number of rotatable bonds is 12. The molecule has 0 aromatic rings. The third-order valence-electron chi connectivity index (χ3n) is 12.3. The Morgan fingerprint density at radius 1 is 0.898 bits per heavy atom. The molecule has 0 aromatic heterocycles. The zero-order chi connectivity index (χ0) is 36.7. The van der Waals surface area contributed by atoms with Gasteiger partial charge in [-0.25, -0.2) is 4.79 Å². The molecule has 0 saturated heterocycles. The normalized spacial score (nSPS) is 36.8. The van der Waals surface area contributed by atoms with Gasteiger partial charge >= 0.3 is 29.8 Å². The molecule has 4 aliphatic carbocycles. The van der Waals surface area contributed by atoms with Crippen LogP contribution < -0.4 is 0 Å². The predicted molar refractivity (Wildman–Crippen MR) is 172 cm³/mol. The van der Waals surface area contributed by atoms with Gasteiger partial charge < -0.3 is 34.6 Å². The lowest BCUT2D eigenvalue weighted by Crippen LogP contribution is -2.78. The molecule has 0 spiro atoms. The van der Waals surface area contributed by atoms with Crippen LogP contribution in [0.2, 0.25) is 0 Å². The predicted octanol–water partition coefficient (Wildman–Crippen LogP) is 3.82. The number of esters is 3. The summed E-state index contributed by atoms with van der Waals surface area (Å²) >= 11 is 0. The topological polar surface area (TPSA) is 211 Å². The van der Waals surface area contributed by atoms with Gasteiger partial charge in [0, 0.05) is 18.4 Å². The van der Waals surface area contributed by atoms with E-state index in [0.717, 1.165) is 11.1 Å². The highest BCUT2D eigenvalue weighted by molar-refractivity contribution is 5.91. The van der Waals surface area contributed by atoms with Crippen molar-refractivity contribution < 1.29 is 63.4 Å². The number of allylic oxidation sites excluding steroid dienone is 1. The summed E-state index contributed by atoms with van der Waals surface area (Å²) in [5.74, 6) is -5.96. The zero-order valence-corrected chi connectivity index (χ0v) is 29.2. The van der Waals surface area contributed by atoms with E-state index in [1.165, 1.54) is 19.9 Å². The molecule has 49 heavy (non-hydrogen) atoms. The van der Waals surface area contributed by atoms with Crippen LogP contribution in [0.5, 0.6) is 0 Å². The van der Waals surface area contributed by atoms with Crippen LogP contribution in [0.15, 0.2) is 23.3 Å². The molecule has 0 aromatic carbocycles. The summed E-state index contributed by atoms with van der Waals surface area (Å²) in [6, 6.07) is 0. The Balaban J connectivity index is 1.78. The number of hydrogen-bond acceptors (Lipinski definition) is 11. The molecule has 0 amide bonds. The summed E-state index contributed by atoms with van der Waals surface area (Å²) in [7, 11) is 0. The van der Waals surface area contributed by atoms with Gasteiger partial charge in [-0.3, -0.25) is 24.0 Å². The number of carboxylic acids is 2. The van der Waals surface area contributed by atoms with Gasteiger partial charge in [0.15, 0.2) is 11.4 Å². The van der Waals surface area contributed by atoms with Gasteiger partial charge in [-0.05, 0) is 70.6 Å². The first-order valence-corrected chi connectivity index (χ1v) is 17.1. The Morgan fingerprint density at radius 3 is 2.08 bits per heavy atom. The molecular weight excluding hydrogens is 640 g/mol. The molecule has 0 heterocycles. The molecule has 0 aliphatic heterocycles. The van der Waals surface area contributed by atoms with Gasteiger partial charge in [-0.1, -0.05) is 38.0 Å². The maximum Gasteiger partial charge on any atom is 0.330 e. The lowest BCUT2D eigenvalue weighted by molar-refractivity contribution is -0.315. The van der Waals surface area contributed by atoms with Crippen LogP contribution in [0, 0.1) is 22.7 Å². The molecule has 0 radical (unpaired) electrons. The van der Waals surface area contributed by atoms with Gasteiger partial charge in [-0.2, -0.15) is 0 Å². The standard InChI is InChI=1S/C36H50O13/c1-20(2)21(3)17-31(44)48-26-19-25-32(5)13-12-24(47-29(42)9-7-27(38)39)18-23(32)11-14-34(25,45)36(46)16-15-35(22(4)37,33(26,36)6)49-30(43)10-8-28(40)41/h11,17,20,24-26,45-46H,7-10,12-16,18-19H2,1-6H3,(H,38,39)(H,40,41)/b21-17+/t24-,25+,26+,32-,33+,34-,35+,36+/m0/s1. The Morgan fingerprint density at radius 2 is 1.51 bits per heavy atom. The number of carbonyl (C=O) groups is 6. The van der Waals surface area contributed by atoms with E-state index in [0.29, 0.717) is 19.3 Å². The molecule has 13 nitrogen and oxygen atoms in total. The van der Waals surface area contributed by atoms with E-state index in [2.05, 4.69) is 0 Å². The zero-order valence-electron chi connectivity index (χ0n) is 29.2. The van der Waals surface area contributed by atoms with Crippen LogP contribution in [0.25, 0.3) is 0 Å². The second kappa shape index (κ2) is 13.6. The number of aliphatic hydroxyl groups is 2. The highest BCUT2D eigenvalue weighted by atomic mass is 16.6. The first kappa shape index (κ1) is 38.2. The van der Waals surface area contributed by atoms with E-state index in [-0.39, 0.29) is 44.4 Å². The highest BCUT2D eigenvalue weighted by Gasteiger charge is 2.83. The molecule has 3 fully saturated rings. The molecule has 0 bridgehead atoms. The number of aliphatic carboxylic acids is 2. The molecular formula is C36H50O13. The van der Waals surface area contributed by atoms with Gasteiger partial charge in [0.2, 0.25) is 0 Å². The number of carboxylic acid groups (broad SMARTS) is 2. The number of carbonyl (C=O) groups excluding carboxylic acids is 4. The fourth-order valence-electron chi connectivity index (χ4n) is 9.10. The molecule has 3 saturated carbocycles. The molecule has 8 atom stereocenters. The summed E-state index contributed by atoms with van der Waals surface area (Å²) in [5, 5.41) is 43.8. The average Bonchev–Trinajstić information content (AvgIpc) is 3.25. The quantitative estimate of drug-likeness (QED) is 0.0994. The largest absolute Gasteiger partial charge is 0.481 e. The van der Waals surface area contributed by atoms with Crippen molar-refractivity contribution in [3.63, 3.8) is 0 Å². The minimum Gasteiger partial charge on any atom is -0.481 e. The number of Topliss-reactive ketones (excluding diaryl/α,β-unsaturated/α-hetero) is 1. The molecule has 4 rings (SSSR count). The second-order valence-corrected chi connectivity index (χ2v) is 15.1. The Bertz CT molecular complexity index is 1460. The number of fused-ring (bicyclic) bond motifs is 5. The number of ether oxygens (including phenoxy) is 3. The maximum absolute atomic E-state index is 13.7. The van der Waals surface area contributed by atoms with Crippen LogP contribution in [0.4, 0.5) is 0 Å². The fourth-order valence-corrected chi connectivity index (χ4v) is 9.10. The van der Waals surface area contributed by atoms with Crippen molar-refractivity contribution in [1.29, 1.82) is 0 Å². The Kier molecular flexibility index (Phi) is 10.6. The van der Waals surface area contributed by atoms with Crippen molar-refractivity contribution in [2.75, 3.05) is 0 Å². The van der Waals surface area contributed by atoms with Gasteiger partial charge in [0.05, 0.1) is 31.1 Å². The third kappa shape index (κ3) is 6.44. The fraction of sp³-hybridized carbons (Fsp3) is 0.722. The van der Waals surface area contributed by atoms with E-state index in [4.69, 9.17) is 24.4 Å². The third-order valence-corrected chi connectivity index (χ3v) is 12.3. The van der Waals surface area contributed by atoms with Gasteiger partial charge in [0.25, 0.3) is 0 Å². The van der Waals surface area contributed by atoms with Crippen LogP contribution >= 0.6 is 0 Å². The second-order valence-electron chi connectivity index (χ2n) is 15.1. The SMILES string of the molecule is CC(=O)[C@]1(OC(=O)CCC(=O)O)CC[C@@]2(O)[C@]1(C)[C@H](OC(=O)/C=C(\C)C(C)C)C[C@@H]1[C@@]3(C)CC[C@H](OC(=O)CCC(=O)O)CC3=CC[C@]12O. The van der Waals surface area contributed by atoms with Crippen molar-refractivity contribution in [2.24, 2.45) is 22.7 Å². The van der Waals surface area contributed by atoms with E-state index in [1.807, 2.05) is 26.8 Å². The average molecular weight is 691 g/mol. The highest BCUT2D eigenvalue weighted by Crippen LogP contribution is 2.71. The van der Waals surface area contributed by atoms with E-state index >= 15 is 0 Å². The van der Waals surface area contributed by atoms with Crippen LogP contribution in [-0.2, 0) is 43.0 Å². The Labute approximate surface area is 286 Å². The molecule has 272 valence electrons. The first-order chi connectivity index (χ1) is 22.7. The molecule has 4 N–H and O–H groups in total. The molecule has 4 aliphatic rings. The minimum atomic E-state index is -2.12. The Hall–Kier alpha value is -3.58.